The molecule has 1 aromatic rings. The third-order valence-corrected chi connectivity index (χ3v) is 6.82. The second kappa shape index (κ2) is 7.01. The van der Waals surface area contributed by atoms with E-state index in [1.165, 1.54) is 24.0 Å². The van der Waals surface area contributed by atoms with Gasteiger partial charge in [0.1, 0.15) is 0 Å². The van der Waals surface area contributed by atoms with E-state index in [9.17, 15) is 4.79 Å². The number of carbonyl (C=O) groups is 1. The van der Waals surface area contributed by atoms with E-state index >= 15 is 0 Å². The summed E-state index contributed by atoms with van der Waals surface area (Å²) in [6, 6.07) is 4.17. The molecule has 2 fully saturated rings. The summed E-state index contributed by atoms with van der Waals surface area (Å²) in [4.78, 5) is 14.7. The quantitative estimate of drug-likeness (QED) is 0.790. The Morgan fingerprint density at radius 1 is 1.11 bits per heavy atom. The molecule has 3 aliphatic rings. The van der Waals surface area contributed by atoms with E-state index in [-0.39, 0.29) is 5.60 Å². The topological polar surface area (TPSA) is 48.0 Å². The predicted octanol–water partition coefficient (Wildman–Crippen LogP) is 3.67. The summed E-state index contributed by atoms with van der Waals surface area (Å²) >= 11 is 0. The van der Waals surface area contributed by atoms with E-state index in [0.29, 0.717) is 17.7 Å². The lowest BCUT2D eigenvalue weighted by atomic mass is 9.79. The number of fused-ring (bicyclic) bond motifs is 2. The van der Waals surface area contributed by atoms with Crippen molar-refractivity contribution in [1.82, 2.24) is 4.90 Å². The molecule has 0 unspecified atom stereocenters. The predicted molar refractivity (Wildman–Crippen MR) is 103 cm³/mol. The second-order valence-electron chi connectivity index (χ2n) is 8.65. The zero-order valence-corrected chi connectivity index (χ0v) is 16.8. The van der Waals surface area contributed by atoms with Crippen molar-refractivity contribution in [2.75, 3.05) is 33.9 Å². The van der Waals surface area contributed by atoms with Crippen molar-refractivity contribution in [2.45, 2.75) is 57.5 Å². The van der Waals surface area contributed by atoms with Gasteiger partial charge in [0.25, 0.3) is 0 Å². The molecule has 0 atom stereocenters. The van der Waals surface area contributed by atoms with Gasteiger partial charge in [0.05, 0.1) is 26.4 Å². The molecule has 1 saturated heterocycles. The highest BCUT2D eigenvalue weighted by atomic mass is 16.5. The standard InChI is InChI=1S/C22H31NO4/c1-21(7-8-21)6-4-20(24)23-11-9-22(10-12-23)17-15-19(26-3)18(25-2)14-16(17)5-13-27-22/h14-15H,4-13H2,1-3H3. The zero-order valence-electron chi connectivity index (χ0n) is 16.8. The van der Waals surface area contributed by atoms with Crippen LogP contribution in [0.3, 0.4) is 0 Å². The number of nitrogens with zero attached hydrogens (tertiary/aromatic N) is 1. The van der Waals surface area contributed by atoms with Crippen LogP contribution in [0.2, 0.25) is 0 Å². The van der Waals surface area contributed by atoms with Crippen molar-refractivity contribution in [3.05, 3.63) is 23.3 Å². The molecular formula is C22H31NO4. The van der Waals surface area contributed by atoms with Gasteiger partial charge in [0.2, 0.25) is 5.91 Å². The molecular weight excluding hydrogens is 342 g/mol. The summed E-state index contributed by atoms with van der Waals surface area (Å²) in [6.45, 7) is 4.54. The Morgan fingerprint density at radius 2 is 1.78 bits per heavy atom. The summed E-state index contributed by atoms with van der Waals surface area (Å²) in [5, 5.41) is 0. The monoisotopic (exact) mass is 373 g/mol. The molecule has 2 heterocycles. The zero-order chi connectivity index (χ0) is 19.1. The number of piperidine rings is 1. The SMILES string of the molecule is COc1cc2c(cc1OC)C1(CCN(C(=O)CCC3(C)CC3)CC1)OCC2. The van der Waals surface area contributed by atoms with Crippen molar-refractivity contribution in [3.8, 4) is 11.5 Å². The fraction of sp³-hybridized carbons (Fsp3) is 0.682. The van der Waals surface area contributed by atoms with Gasteiger partial charge in [-0.3, -0.25) is 4.79 Å². The number of hydrogen-bond donors (Lipinski definition) is 0. The lowest BCUT2D eigenvalue weighted by Crippen LogP contribution is -2.48. The number of benzene rings is 1. The first-order valence-electron chi connectivity index (χ1n) is 10.2. The van der Waals surface area contributed by atoms with Gasteiger partial charge in [-0.25, -0.2) is 0 Å². The number of carbonyl (C=O) groups excluding carboxylic acids is 1. The van der Waals surface area contributed by atoms with Crippen molar-refractivity contribution >= 4 is 5.91 Å². The van der Waals surface area contributed by atoms with Crippen LogP contribution < -0.4 is 9.47 Å². The molecule has 1 saturated carbocycles. The van der Waals surface area contributed by atoms with E-state index < -0.39 is 0 Å². The average Bonchev–Trinajstić information content (AvgIpc) is 3.43. The molecule has 1 aliphatic carbocycles. The third-order valence-electron chi connectivity index (χ3n) is 6.82. The molecule has 0 aromatic heterocycles. The highest BCUT2D eigenvalue weighted by Crippen LogP contribution is 2.49. The molecule has 5 nitrogen and oxygen atoms in total. The van der Waals surface area contributed by atoms with Crippen LogP contribution in [0.5, 0.6) is 11.5 Å². The number of hydrogen-bond acceptors (Lipinski definition) is 4. The van der Waals surface area contributed by atoms with Gasteiger partial charge >= 0.3 is 0 Å². The molecule has 0 N–H and O–H groups in total. The largest absolute Gasteiger partial charge is 0.493 e. The highest BCUT2D eigenvalue weighted by Gasteiger charge is 2.43. The van der Waals surface area contributed by atoms with Crippen LogP contribution in [0.1, 0.15) is 56.6 Å². The van der Waals surface area contributed by atoms with Gasteiger partial charge in [-0.15, -0.1) is 0 Å². The maximum atomic E-state index is 12.6. The van der Waals surface area contributed by atoms with Gasteiger partial charge in [-0.1, -0.05) is 6.92 Å². The Hall–Kier alpha value is -1.75. The maximum absolute atomic E-state index is 12.6. The minimum atomic E-state index is -0.299. The van der Waals surface area contributed by atoms with Crippen LogP contribution in [0.4, 0.5) is 0 Å². The lowest BCUT2D eigenvalue weighted by molar-refractivity contribution is -0.141. The normalized spacial score (nSPS) is 22.3. The van der Waals surface area contributed by atoms with Crippen LogP contribution >= 0.6 is 0 Å². The smallest absolute Gasteiger partial charge is 0.222 e. The summed E-state index contributed by atoms with van der Waals surface area (Å²) in [6.07, 6.45) is 6.85. The fourth-order valence-corrected chi connectivity index (χ4v) is 4.55. The Bertz CT molecular complexity index is 717. The summed E-state index contributed by atoms with van der Waals surface area (Å²) in [5.41, 5.74) is 2.63. The van der Waals surface area contributed by atoms with E-state index in [4.69, 9.17) is 14.2 Å². The van der Waals surface area contributed by atoms with Gasteiger partial charge < -0.3 is 19.1 Å². The van der Waals surface area contributed by atoms with E-state index in [0.717, 1.165) is 56.9 Å². The first-order valence-corrected chi connectivity index (χ1v) is 10.2. The summed E-state index contributed by atoms with van der Waals surface area (Å²) in [5.74, 6) is 1.83. The lowest BCUT2D eigenvalue weighted by Gasteiger charge is -2.45. The highest BCUT2D eigenvalue weighted by molar-refractivity contribution is 5.76. The molecule has 27 heavy (non-hydrogen) atoms. The van der Waals surface area contributed by atoms with Crippen LogP contribution in [0.15, 0.2) is 12.1 Å². The molecule has 1 aromatic carbocycles. The first kappa shape index (κ1) is 18.6. The number of amides is 1. The second-order valence-corrected chi connectivity index (χ2v) is 8.65. The number of methoxy groups -OCH3 is 2. The van der Waals surface area contributed by atoms with Crippen molar-refractivity contribution in [2.24, 2.45) is 5.41 Å². The number of ether oxygens (including phenoxy) is 3. The van der Waals surface area contributed by atoms with Crippen LogP contribution in [-0.2, 0) is 21.6 Å². The minimum Gasteiger partial charge on any atom is -0.493 e. The van der Waals surface area contributed by atoms with Crippen molar-refractivity contribution in [1.29, 1.82) is 0 Å². The fourth-order valence-electron chi connectivity index (χ4n) is 4.55. The maximum Gasteiger partial charge on any atom is 0.222 e. The van der Waals surface area contributed by atoms with Crippen LogP contribution in [-0.4, -0.2) is 44.7 Å². The summed E-state index contributed by atoms with van der Waals surface area (Å²) < 4.78 is 17.3. The van der Waals surface area contributed by atoms with Gasteiger partial charge in [-0.05, 0) is 67.2 Å². The van der Waals surface area contributed by atoms with E-state index in [2.05, 4.69) is 19.1 Å². The van der Waals surface area contributed by atoms with Crippen LogP contribution in [0, 0.1) is 5.41 Å². The number of rotatable bonds is 5. The van der Waals surface area contributed by atoms with Gasteiger partial charge in [-0.2, -0.15) is 0 Å². The molecule has 1 spiro atoms. The molecule has 2 aliphatic heterocycles. The van der Waals surface area contributed by atoms with Gasteiger partial charge in [0, 0.05) is 19.5 Å². The molecule has 1 amide bonds. The number of likely N-dealkylation sites (tertiary alicyclic amines) is 1. The minimum absolute atomic E-state index is 0.299. The molecule has 148 valence electrons. The Morgan fingerprint density at radius 3 is 2.41 bits per heavy atom. The van der Waals surface area contributed by atoms with E-state index in [1.807, 2.05) is 4.90 Å². The Kier molecular flexibility index (Phi) is 4.83. The first-order chi connectivity index (χ1) is 13.0. The van der Waals surface area contributed by atoms with Crippen molar-refractivity contribution in [3.63, 3.8) is 0 Å². The Balaban J connectivity index is 1.47. The van der Waals surface area contributed by atoms with Crippen molar-refractivity contribution < 1.29 is 19.0 Å². The summed E-state index contributed by atoms with van der Waals surface area (Å²) in [7, 11) is 3.34. The molecule has 0 radical (unpaired) electrons. The van der Waals surface area contributed by atoms with E-state index in [1.54, 1.807) is 14.2 Å². The molecule has 0 bridgehead atoms. The average molecular weight is 373 g/mol. The molecule has 5 heteroatoms. The molecule has 4 rings (SSSR count). The third kappa shape index (κ3) is 3.54. The Labute approximate surface area is 162 Å². The van der Waals surface area contributed by atoms with Gasteiger partial charge in [0.15, 0.2) is 11.5 Å². The van der Waals surface area contributed by atoms with Crippen LogP contribution in [0.25, 0.3) is 0 Å².